The van der Waals surface area contributed by atoms with E-state index in [-0.39, 0.29) is 25.5 Å². The summed E-state index contributed by atoms with van der Waals surface area (Å²) >= 11 is 0. The third-order valence-corrected chi connectivity index (χ3v) is 9.69. The topological polar surface area (TPSA) is 38.7 Å². The molecule has 0 unspecified atom stereocenters. The maximum atomic E-state index is 4.69. The maximum absolute atomic E-state index is 4.69. The van der Waals surface area contributed by atoms with Gasteiger partial charge in [0.15, 0.2) is 0 Å². The van der Waals surface area contributed by atoms with E-state index in [0.717, 1.165) is 28.7 Å². The molecule has 4 heteroatoms. The van der Waals surface area contributed by atoms with Gasteiger partial charge in [0.05, 0.1) is 5.82 Å². The van der Waals surface area contributed by atoms with E-state index in [4.69, 9.17) is 9.97 Å². The second-order valence-corrected chi connectivity index (χ2v) is 13.5. The normalized spacial score (nSPS) is 12.6. The average Bonchev–Trinajstić information content (AvgIpc) is 3.35. The SMILES string of the molecule is CCCCCCCCCCCCc1cnc(-c2[c-]cc3c(c2)C(C)(C)c2ccccc2-3)nc1.[Ir].[c-]1cccc2ccc3cccnc3c12. The Bertz CT molecular complexity index is 1860. The fourth-order valence-electron chi connectivity index (χ4n) is 6.94. The third kappa shape index (κ3) is 8.28. The first-order valence-corrected chi connectivity index (χ1v) is 17.7. The Morgan fingerprint density at radius 1 is 0.646 bits per heavy atom. The van der Waals surface area contributed by atoms with E-state index in [9.17, 15) is 0 Å². The molecule has 1 radical (unpaired) electrons. The predicted octanol–water partition coefficient (Wildman–Crippen LogP) is 11.9. The van der Waals surface area contributed by atoms with E-state index in [2.05, 4.69) is 98.6 Å². The summed E-state index contributed by atoms with van der Waals surface area (Å²) in [5, 5.41) is 3.46. The fourth-order valence-corrected chi connectivity index (χ4v) is 6.94. The molecule has 6 aromatic rings. The van der Waals surface area contributed by atoms with Crippen molar-refractivity contribution in [2.24, 2.45) is 0 Å². The molecule has 1 aliphatic carbocycles. The Morgan fingerprint density at radius 3 is 2.10 bits per heavy atom. The number of pyridine rings is 1. The molecule has 0 spiro atoms. The molecule has 0 fully saturated rings. The molecular formula is C44H47IrN3-2. The van der Waals surface area contributed by atoms with Gasteiger partial charge in [-0.1, -0.05) is 132 Å². The zero-order chi connectivity index (χ0) is 32.5. The van der Waals surface area contributed by atoms with Crippen molar-refractivity contribution < 1.29 is 20.1 Å². The van der Waals surface area contributed by atoms with E-state index in [1.165, 1.54) is 103 Å². The van der Waals surface area contributed by atoms with Crippen LogP contribution in [0.2, 0.25) is 0 Å². The molecule has 0 atom stereocenters. The van der Waals surface area contributed by atoms with Crippen molar-refractivity contribution in [3.8, 4) is 22.5 Å². The molecule has 4 aromatic carbocycles. The predicted molar refractivity (Wildman–Crippen MR) is 198 cm³/mol. The molecule has 0 bridgehead atoms. The zero-order valence-electron chi connectivity index (χ0n) is 28.7. The summed E-state index contributed by atoms with van der Waals surface area (Å²) in [6.07, 6.45) is 20.6. The van der Waals surface area contributed by atoms with Crippen molar-refractivity contribution >= 4 is 21.7 Å². The molecule has 249 valence electrons. The van der Waals surface area contributed by atoms with Crippen LogP contribution >= 0.6 is 0 Å². The molecule has 3 nitrogen and oxygen atoms in total. The molecule has 7 rings (SSSR count). The largest absolute Gasteiger partial charge is 0.304 e. The van der Waals surface area contributed by atoms with Gasteiger partial charge >= 0.3 is 0 Å². The monoisotopic (exact) mass is 810 g/mol. The van der Waals surface area contributed by atoms with Crippen LogP contribution in [0.25, 0.3) is 44.2 Å². The first-order chi connectivity index (χ1) is 23.1. The van der Waals surface area contributed by atoms with E-state index in [1.54, 1.807) is 0 Å². The van der Waals surface area contributed by atoms with Crippen LogP contribution in [0.5, 0.6) is 0 Å². The van der Waals surface area contributed by atoms with Gasteiger partial charge in [0, 0.05) is 38.7 Å². The molecule has 2 heterocycles. The molecule has 1 aliphatic rings. The molecular weight excluding hydrogens is 763 g/mol. The Morgan fingerprint density at radius 2 is 1.33 bits per heavy atom. The van der Waals surface area contributed by atoms with Crippen molar-refractivity contribution in [2.45, 2.75) is 96.8 Å². The quantitative estimate of drug-likeness (QED) is 0.0702. The summed E-state index contributed by atoms with van der Waals surface area (Å²) in [6.45, 7) is 6.89. The van der Waals surface area contributed by atoms with Gasteiger partial charge in [-0.05, 0) is 46.4 Å². The van der Waals surface area contributed by atoms with Gasteiger partial charge in [0.25, 0.3) is 0 Å². The van der Waals surface area contributed by atoms with Crippen LogP contribution in [0.1, 0.15) is 102 Å². The molecule has 2 aromatic heterocycles. The summed E-state index contributed by atoms with van der Waals surface area (Å²) in [7, 11) is 0. The Kier molecular flexibility index (Phi) is 12.7. The number of fused-ring (bicyclic) bond motifs is 6. The summed E-state index contributed by atoms with van der Waals surface area (Å²) in [5.74, 6) is 0.774. The Hall–Kier alpha value is -3.72. The van der Waals surface area contributed by atoms with Crippen LogP contribution in [0.3, 0.4) is 0 Å². The molecule has 0 saturated heterocycles. The molecule has 48 heavy (non-hydrogen) atoms. The van der Waals surface area contributed by atoms with Crippen LogP contribution in [0, 0.1) is 12.1 Å². The molecule has 0 saturated carbocycles. The first-order valence-electron chi connectivity index (χ1n) is 17.7. The molecule has 0 N–H and O–H groups in total. The number of hydrogen-bond acceptors (Lipinski definition) is 3. The smallest absolute Gasteiger partial charge is 0.0748 e. The van der Waals surface area contributed by atoms with Crippen molar-refractivity contribution in [3.05, 3.63) is 126 Å². The number of benzene rings is 4. The summed E-state index contributed by atoms with van der Waals surface area (Å²) in [5.41, 5.74) is 8.60. The van der Waals surface area contributed by atoms with Gasteiger partial charge in [-0.15, -0.1) is 64.4 Å². The van der Waals surface area contributed by atoms with Crippen LogP contribution in [0.15, 0.2) is 97.5 Å². The molecule has 0 aliphatic heterocycles. The fraction of sp³-hybridized carbons (Fsp3) is 0.341. The molecule has 0 amide bonds. The second kappa shape index (κ2) is 17.1. The standard InChI is InChI=1S/C31H39N2.C13H8N.Ir/c1-4-5-6-7-8-9-10-11-12-13-16-24-22-32-30(33-23-24)25-19-20-27-26-17-14-15-18-28(26)31(2,3)29(27)21-25;1-2-6-12-10(4-1)7-8-11-5-3-9-14-13(11)12;/h14-15,17-18,20-23H,4-13,16H2,1-3H3;1-5,7-9H;/q2*-1;. The van der Waals surface area contributed by atoms with Crippen molar-refractivity contribution in [3.63, 3.8) is 0 Å². The van der Waals surface area contributed by atoms with Gasteiger partial charge in [-0.2, -0.15) is 0 Å². The van der Waals surface area contributed by atoms with Crippen LogP contribution < -0.4 is 0 Å². The van der Waals surface area contributed by atoms with Crippen molar-refractivity contribution in [1.82, 2.24) is 15.0 Å². The number of aromatic nitrogens is 3. The maximum Gasteiger partial charge on any atom is 0.0748 e. The van der Waals surface area contributed by atoms with Crippen LogP contribution in [0.4, 0.5) is 0 Å². The van der Waals surface area contributed by atoms with Gasteiger partial charge in [0.2, 0.25) is 0 Å². The second-order valence-electron chi connectivity index (χ2n) is 13.5. The average molecular weight is 810 g/mol. The first kappa shape index (κ1) is 35.6. The summed E-state index contributed by atoms with van der Waals surface area (Å²) in [4.78, 5) is 13.8. The minimum Gasteiger partial charge on any atom is -0.304 e. The van der Waals surface area contributed by atoms with Gasteiger partial charge in [-0.25, -0.2) is 0 Å². The number of unbranched alkanes of at least 4 members (excludes halogenated alkanes) is 9. The Labute approximate surface area is 301 Å². The summed E-state index contributed by atoms with van der Waals surface area (Å²) < 4.78 is 0. The van der Waals surface area contributed by atoms with E-state index in [1.807, 2.05) is 36.8 Å². The number of nitrogens with zero attached hydrogens (tertiary/aromatic N) is 3. The summed E-state index contributed by atoms with van der Waals surface area (Å²) in [6, 6.07) is 34.0. The number of aryl methyl sites for hydroxylation is 1. The van der Waals surface area contributed by atoms with E-state index in [0.29, 0.717) is 0 Å². The van der Waals surface area contributed by atoms with Gasteiger partial charge in [-0.3, -0.25) is 9.97 Å². The minimum absolute atomic E-state index is 0. The van der Waals surface area contributed by atoms with Gasteiger partial charge < -0.3 is 4.98 Å². The third-order valence-electron chi connectivity index (χ3n) is 9.69. The number of rotatable bonds is 12. The minimum atomic E-state index is -0.00871. The van der Waals surface area contributed by atoms with E-state index < -0.39 is 0 Å². The zero-order valence-corrected chi connectivity index (χ0v) is 31.1. The van der Waals surface area contributed by atoms with Crippen LogP contribution in [-0.4, -0.2) is 15.0 Å². The van der Waals surface area contributed by atoms with Crippen molar-refractivity contribution in [1.29, 1.82) is 0 Å². The number of hydrogen-bond donors (Lipinski definition) is 0. The van der Waals surface area contributed by atoms with Gasteiger partial charge in [0.1, 0.15) is 0 Å². The Balaban J connectivity index is 0.000000249. The van der Waals surface area contributed by atoms with Crippen LogP contribution in [-0.2, 0) is 31.9 Å². The van der Waals surface area contributed by atoms with Crippen molar-refractivity contribution in [2.75, 3.05) is 0 Å². The van der Waals surface area contributed by atoms with E-state index >= 15 is 0 Å².